The monoisotopic (exact) mass is 257 g/mol. The number of aryl methyl sites for hydroxylation is 1. The summed E-state index contributed by atoms with van der Waals surface area (Å²) in [6.45, 7) is 2.24. The maximum atomic E-state index is 6.01. The van der Waals surface area contributed by atoms with E-state index in [1.54, 1.807) is 19.1 Å². The van der Waals surface area contributed by atoms with Crippen molar-refractivity contribution in [3.05, 3.63) is 39.7 Å². The molecule has 6 heteroatoms. The van der Waals surface area contributed by atoms with Gasteiger partial charge in [0.2, 0.25) is 5.89 Å². The van der Waals surface area contributed by atoms with Crippen molar-refractivity contribution in [1.82, 2.24) is 10.2 Å². The SMILES string of the molecule is Cc1nnc(NCc2ccc(Cl)cc2Cl)o1. The molecule has 0 fully saturated rings. The Bertz CT molecular complexity index is 499. The standard InChI is InChI=1S/C10H9Cl2N3O/c1-6-14-15-10(16-6)13-5-7-2-3-8(11)4-9(7)12/h2-4H,5H2,1H3,(H,13,15). The van der Waals surface area contributed by atoms with Crippen molar-refractivity contribution >= 4 is 29.2 Å². The van der Waals surface area contributed by atoms with Crippen LogP contribution in [-0.2, 0) is 6.54 Å². The van der Waals surface area contributed by atoms with E-state index in [0.29, 0.717) is 28.5 Å². The molecule has 2 aromatic rings. The summed E-state index contributed by atoms with van der Waals surface area (Å²) < 4.78 is 5.17. The van der Waals surface area contributed by atoms with E-state index in [1.807, 2.05) is 6.07 Å². The van der Waals surface area contributed by atoms with Crippen LogP contribution in [0, 0.1) is 6.92 Å². The number of aromatic nitrogens is 2. The highest BCUT2D eigenvalue weighted by Gasteiger charge is 2.04. The van der Waals surface area contributed by atoms with E-state index in [0.717, 1.165) is 5.56 Å². The van der Waals surface area contributed by atoms with Crippen LogP contribution >= 0.6 is 23.2 Å². The molecular formula is C10H9Cl2N3O. The zero-order valence-electron chi connectivity index (χ0n) is 8.50. The summed E-state index contributed by atoms with van der Waals surface area (Å²) in [5.41, 5.74) is 0.918. The fourth-order valence-corrected chi connectivity index (χ4v) is 1.68. The van der Waals surface area contributed by atoms with E-state index in [9.17, 15) is 0 Å². The van der Waals surface area contributed by atoms with Gasteiger partial charge in [0.25, 0.3) is 0 Å². The van der Waals surface area contributed by atoms with Crippen molar-refractivity contribution in [3.63, 3.8) is 0 Å². The first-order valence-corrected chi connectivity index (χ1v) is 5.38. The zero-order valence-corrected chi connectivity index (χ0v) is 10.0. The van der Waals surface area contributed by atoms with E-state index in [4.69, 9.17) is 27.6 Å². The van der Waals surface area contributed by atoms with Gasteiger partial charge in [0.1, 0.15) is 0 Å². The topological polar surface area (TPSA) is 51.0 Å². The van der Waals surface area contributed by atoms with Crippen LogP contribution in [0.5, 0.6) is 0 Å². The number of halogens is 2. The third-order valence-electron chi connectivity index (χ3n) is 1.97. The number of hydrogen-bond acceptors (Lipinski definition) is 4. The first-order chi connectivity index (χ1) is 7.65. The second-order valence-corrected chi connectivity index (χ2v) is 4.06. The van der Waals surface area contributed by atoms with Gasteiger partial charge in [-0.05, 0) is 17.7 Å². The van der Waals surface area contributed by atoms with Crippen molar-refractivity contribution in [2.75, 3.05) is 5.32 Å². The first kappa shape index (κ1) is 11.2. The molecule has 0 aliphatic carbocycles. The summed E-state index contributed by atoms with van der Waals surface area (Å²) >= 11 is 11.8. The van der Waals surface area contributed by atoms with E-state index < -0.39 is 0 Å². The molecule has 0 aliphatic heterocycles. The number of benzene rings is 1. The van der Waals surface area contributed by atoms with Crippen molar-refractivity contribution < 1.29 is 4.42 Å². The molecular weight excluding hydrogens is 249 g/mol. The fraction of sp³-hybridized carbons (Fsp3) is 0.200. The molecule has 0 bridgehead atoms. The van der Waals surface area contributed by atoms with Gasteiger partial charge in [-0.25, -0.2) is 0 Å². The van der Waals surface area contributed by atoms with Crippen LogP contribution in [0.1, 0.15) is 11.5 Å². The molecule has 1 aromatic carbocycles. The quantitative estimate of drug-likeness (QED) is 0.917. The summed E-state index contributed by atoms with van der Waals surface area (Å²) in [5.74, 6) is 0.518. The lowest BCUT2D eigenvalue weighted by Gasteiger charge is -2.04. The van der Waals surface area contributed by atoms with Gasteiger partial charge in [-0.2, -0.15) is 0 Å². The smallest absolute Gasteiger partial charge is 0.315 e. The Morgan fingerprint density at radius 1 is 1.31 bits per heavy atom. The Morgan fingerprint density at radius 2 is 2.12 bits per heavy atom. The van der Waals surface area contributed by atoms with Crippen molar-refractivity contribution in [3.8, 4) is 0 Å². The number of rotatable bonds is 3. The highest BCUT2D eigenvalue weighted by Crippen LogP contribution is 2.21. The van der Waals surface area contributed by atoms with Gasteiger partial charge in [0.05, 0.1) is 0 Å². The van der Waals surface area contributed by atoms with Gasteiger partial charge in [-0.15, -0.1) is 5.10 Å². The van der Waals surface area contributed by atoms with E-state index in [-0.39, 0.29) is 0 Å². The summed E-state index contributed by atoms with van der Waals surface area (Å²) in [6.07, 6.45) is 0. The van der Waals surface area contributed by atoms with Crippen LogP contribution in [0.4, 0.5) is 6.01 Å². The number of nitrogens with zero attached hydrogens (tertiary/aromatic N) is 2. The Morgan fingerprint density at radius 3 is 2.75 bits per heavy atom. The molecule has 0 atom stereocenters. The number of nitrogens with one attached hydrogen (secondary N) is 1. The second-order valence-electron chi connectivity index (χ2n) is 3.22. The van der Waals surface area contributed by atoms with Gasteiger partial charge in [-0.1, -0.05) is 34.4 Å². The average molecular weight is 258 g/mol. The Balaban J connectivity index is 2.04. The number of anilines is 1. The highest BCUT2D eigenvalue weighted by molar-refractivity contribution is 6.35. The van der Waals surface area contributed by atoms with Crippen molar-refractivity contribution in [2.24, 2.45) is 0 Å². The van der Waals surface area contributed by atoms with Crippen LogP contribution in [-0.4, -0.2) is 10.2 Å². The second kappa shape index (κ2) is 4.72. The minimum absolute atomic E-state index is 0.378. The molecule has 1 heterocycles. The Hall–Kier alpha value is -1.26. The minimum Gasteiger partial charge on any atom is -0.408 e. The Kier molecular flexibility index (Phi) is 3.31. The van der Waals surface area contributed by atoms with Gasteiger partial charge < -0.3 is 9.73 Å². The molecule has 0 unspecified atom stereocenters. The van der Waals surface area contributed by atoms with Crippen LogP contribution in [0.25, 0.3) is 0 Å². The van der Waals surface area contributed by atoms with Gasteiger partial charge in [-0.3, -0.25) is 0 Å². The molecule has 0 spiro atoms. The Labute approximate surface area is 103 Å². The van der Waals surface area contributed by atoms with E-state index >= 15 is 0 Å². The summed E-state index contributed by atoms with van der Waals surface area (Å²) in [7, 11) is 0. The molecule has 1 aromatic heterocycles. The molecule has 0 saturated carbocycles. The summed E-state index contributed by atoms with van der Waals surface area (Å²) in [5, 5.41) is 11.7. The molecule has 0 aliphatic rings. The molecule has 0 radical (unpaired) electrons. The molecule has 0 amide bonds. The van der Waals surface area contributed by atoms with Gasteiger partial charge in [0, 0.05) is 23.5 Å². The zero-order chi connectivity index (χ0) is 11.5. The third-order valence-corrected chi connectivity index (χ3v) is 2.56. The molecule has 84 valence electrons. The van der Waals surface area contributed by atoms with Crippen LogP contribution in [0.2, 0.25) is 10.0 Å². The lowest BCUT2D eigenvalue weighted by molar-refractivity contribution is 0.530. The van der Waals surface area contributed by atoms with Crippen LogP contribution < -0.4 is 5.32 Å². The predicted octanol–water partition coefficient (Wildman–Crippen LogP) is 3.30. The normalized spacial score (nSPS) is 10.4. The summed E-state index contributed by atoms with van der Waals surface area (Å²) in [6, 6.07) is 5.70. The van der Waals surface area contributed by atoms with Gasteiger partial charge in [0.15, 0.2) is 0 Å². The molecule has 0 saturated heterocycles. The lowest BCUT2D eigenvalue weighted by atomic mass is 10.2. The first-order valence-electron chi connectivity index (χ1n) is 4.63. The third kappa shape index (κ3) is 2.65. The van der Waals surface area contributed by atoms with Crippen molar-refractivity contribution in [2.45, 2.75) is 13.5 Å². The molecule has 2 rings (SSSR count). The lowest BCUT2D eigenvalue weighted by Crippen LogP contribution is -2.00. The maximum absolute atomic E-state index is 6.01. The minimum atomic E-state index is 0.378. The summed E-state index contributed by atoms with van der Waals surface area (Å²) in [4.78, 5) is 0. The van der Waals surface area contributed by atoms with Crippen LogP contribution in [0.3, 0.4) is 0 Å². The number of hydrogen-bond donors (Lipinski definition) is 1. The van der Waals surface area contributed by atoms with Crippen molar-refractivity contribution in [1.29, 1.82) is 0 Å². The predicted molar refractivity (Wildman–Crippen MR) is 62.8 cm³/mol. The fourth-order valence-electron chi connectivity index (χ4n) is 1.20. The van der Waals surface area contributed by atoms with Gasteiger partial charge >= 0.3 is 6.01 Å². The highest BCUT2D eigenvalue weighted by atomic mass is 35.5. The van der Waals surface area contributed by atoms with Crippen LogP contribution in [0.15, 0.2) is 22.6 Å². The van der Waals surface area contributed by atoms with E-state index in [1.165, 1.54) is 0 Å². The molecule has 4 nitrogen and oxygen atoms in total. The average Bonchev–Trinajstić information content (AvgIpc) is 2.63. The molecule has 1 N–H and O–H groups in total. The largest absolute Gasteiger partial charge is 0.408 e. The van der Waals surface area contributed by atoms with E-state index in [2.05, 4.69) is 15.5 Å². The maximum Gasteiger partial charge on any atom is 0.315 e. The molecule has 16 heavy (non-hydrogen) atoms.